The van der Waals surface area contributed by atoms with Crippen LogP contribution in [0.3, 0.4) is 0 Å². The van der Waals surface area contributed by atoms with Crippen molar-refractivity contribution in [2.24, 2.45) is 11.8 Å². The number of amides is 1. The molecule has 2 rings (SSSR count). The van der Waals surface area contributed by atoms with Gasteiger partial charge < -0.3 is 11.1 Å². The lowest BCUT2D eigenvalue weighted by molar-refractivity contribution is 0.0936. The van der Waals surface area contributed by atoms with Crippen LogP contribution in [-0.2, 0) is 0 Å². The van der Waals surface area contributed by atoms with Gasteiger partial charge in [-0.15, -0.1) is 0 Å². The highest BCUT2D eigenvalue weighted by atomic mass is 19.1. The summed E-state index contributed by atoms with van der Waals surface area (Å²) in [6.45, 7) is 2.84. The summed E-state index contributed by atoms with van der Waals surface area (Å²) in [5.41, 5.74) is 5.32. The number of carbonyl (C=O) groups excluding carboxylic acids is 1. The number of halogens is 1. The molecule has 4 nitrogen and oxygen atoms in total. The third-order valence-corrected chi connectivity index (χ3v) is 3.76. The van der Waals surface area contributed by atoms with Gasteiger partial charge in [0.05, 0.1) is 5.56 Å². The Kier molecular flexibility index (Phi) is 4.35. The maximum atomic E-state index is 13.6. The van der Waals surface area contributed by atoms with E-state index < -0.39 is 11.7 Å². The predicted molar refractivity (Wildman–Crippen MR) is 72.1 cm³/mol. The maximum Gasteiger partial charge on any atom is 0.254 e. The van der Waals surface area contributed by atoms with Crippen LogP contribution in [0.2, 0.25) is 0 Å². The summed E-state index contributed by atoms with van der Waals surface area (Å²) in [6.07, 6.45) is 6.07. The van der Waals surface area contributed by atoms with Gasteiger partial charge in [0.1, 0.15) is 0 Å². The average Bonchev–Trinajstić information content (AvgIpc) is 2.39. The summed E-state index contributed by atoms with van der Waals surface area (Å²) in [6, 6.07) is 1.35. The first kappa shape index (κ1) is 13.8. The molecule has 1 heterocycles. The molecule has 0 radical (unpaired) electrons. The van der Waals surface area contributed by atoms with Gasteiger partial charge in [-0.05, 0) is 30.7 Å². The van der Waals surface area contributed by atoms with Gasteiger partial charge in [0, 0.05) is 12.7 Å². The summed E-state index contributed by atoms with van der Waals surface area (Å²) in [5.74, 6) is -0.181. The number of nitrogens with zero attached hydrogens (tertiary/aromatic N) is 1. The number of aromatic nitrogens is 1. The van der Waals surface area contributed by atoms with Gasteiger partial charge in [0.15, 0.2) is 11.6 Å². The van der Waals surface area contributed by atoms with Crippen LogP contribution in [0.1, 0.15) is 43.0 Å². The zero-order valence-corrected chi connectivity index (χ0v) is 11.2. The molecule has 1 fully saturated rings. The topological polar surface area (TPSA) is 68.0 Å². The molecule has 0 spiro atoms. The second-order valence-corrected chi connectivity index (χ2v) is 5.41. The van der Waals surface area contributed by atoms with Gasteiger partial charge in [-0.25, -0.2) is 9.37 Å². The molecule has 1 aromatic rings. The number of rotatable bonds is 3. The normalized spacial score (nSPS) is 23.1. The van der Waals surface area contributed by atoms with Crippen LogP contribution in [0.25, 0.3) is 0 Å². The molecule has 3 N–H and O–H groups in total. The Balaban J connectivity index is 1.92. The van der Waals surface area contributed by atoms with E-state index in [2.05, 4.69) is 17.2 Å². The van der Waals surface area contributed by atoms with Gasteiger partial charge in [0.2, 0.25) is 0 Å². The lowest BCUT2D eigenvalue weighted by atomic mass is 9.82. The van der Waals surface area contributed by atoms with Crippen LogP contribution in [0.5, 0.6) is 0 Å². The van der Waals surface area contributed by atoms with E-state index in [0.29, 0.717) is 18.4 Å². The van der Waals surface area contributed by atoms with Crippen LogP contribution in [0.15, 0.2) is 12.3 Å². The zero-order valence-electron chi connectivity index (χ0n) is 11.2. The quantitative estimate of drug-likeness (QED) is 0.881. The highest BCUT2D eigenvalue weighted by molar-refractivity contribution is 5.95. The first-order valence-electron chi connectivity index (χ1n) is 6.76. The number of hydrogen-bond donors (Lipinski definition) is 2. The van der Waals surface area contributed by atoms with Crippen molar-refractivity contribution >= 4 is 11.7 Å². The summed E-state index contributed by atoms with van der Waals surface area (Å²) in [7, 11) is 0. The van der Waals surface area contributed by atoms with Crippen molar-refractivity contribution in [1.29, 1.82) is 0 Å². The largest absolute Gasteiger partial charge is 0.381 e. The van der Waals surface area contributed by atoms with Crippen molar-refractivity contribution < 1.29 is 9.18 Å². The van der Waals surface area contributed by atoms with E-state index in [1.165, 1.54) is 25.1 Å². The Morgan fingerprint density at radius 2 is 2.37 bits per heavy atom. The Labute approximate surface area is 112 Å². The number of anilines is 1. The van der Waals surface area contributed by atoms with E-state index in [9.17, 15) is 9.18 Å². The fraction of sp³-hybridized carbons (Fsp3) is 0.571. The number of nitrogen functional groups attached to an aromatic ring is 1. The average molecular weight is 265 g/mol. The molecule has 2 atom stereocenters. The van der Waals surface area contributed by atoms with Crippen LogP contribution in [-0.4, -0.2) is 17.4 Å². The Morgan fingerprint density at radius 3 is 3.11 bits per heavy atom. The van der Waals surface area contributed by atoms with Crippen LogP contribution < -0.4 is 11.1 Å². The molecular weight excluding hydrogens is 245 g/mol. The molecular formula is C14H20FN3O. The molecule has 104 valence electrons. The Morgan fingerprint density at radius 1 is 1.58 bits per heavy atom. The third kappa shape index (κ3) is 3.43. The minimum Gasteiger partial charge on any atom is -0.381 e. The van der Waals surface area contributed by atoms with E-state index in [1.807, 2.05) is 0 Å². The Hall–Kier alpha value is -1.65. The third-order valence-electron chi connectivity index (χ3n) is 3.76. The highest BCUT2D eigenvalue weighted by Gasteiger charge is 2.20. The summed E-state index contributed by atoms with van der Waals surface area (Å²) >= 11 is 0. The van der Waals surface area contributed by atoms with Gasteiger partial charge in [0.25, 0.3) is 5.91 Å². The molecule has 1 aliphatic rings. The minimum atomic E-state index is -0.739. The van der Waals surface area contributed by atoms with Gasteiger partial charge >= 0.3 is 0 Å². The molecule has 0 aromatic carbocycles. The van der Waals surface area contributed by atoms with Crippen LogP contribution in [0.4, 0.5) is 10.2 Å². The standard InChI is InChI=1S/C14H20FN3O/c1-9-3-2-4-10(7-9)8-18-14(19)11-5-6-17-13(16)12(11)15/h5-6,9-10H,2-4,7-8H2,1H3,(H2,16,17)(H,18,19). The Bertz CT molecular complexity index is 464. The molecule has 19 heavy (non-hydrogen) atoms. The molecule has 1 amide bonds. The number of hydrogen-bond acceptors (Lipinski definition) is 3. The second-order valence-electron chi connectivity index (χ2n) is 5.41. The molecule has 1 saturated carbocycles. The van der Waals surface area contributed by atoms with Crippen LogP contribution >= 0.6 is 0 Å². The van der Waals surface area contributed by atoms with Crippen molar-refractivity contribution in [3.8, 4) is 0 Å². The van der Waals surface area contributed by atoms with Gasteiger partial charge in [-0.1, -0.05) is 19.8 Å². The number of carbonyl (C=O) groups is 1. The van der Waals surface area contributed by atoms with E-state index in [0.717, 1.165) is 12.8 Å². The van der Waals surface area contributed by atoms with E-state index in [1.54, 1.807) is 0 Å². The summed E-state index contributed by atoms with van der Waals surface area (Å²) in [5, 5.41) is 2.80. The molecule has 1 aliphatic carbocycles. The SMILES string of the molecule is CC1CCCC(CNC(=O)c2ccnc(N)c2F)C1. The van der Waals surface area contributed by atoms with E-state index in [-0.39, 0.29) is 11.4 Å². The predicted octanol–water partition coefficient (Wildman–Crippen LogP) is 2.36. The second kappa shape index (κ2) is 5.99. The molecule has 0 bridgehead atoms. The molecule has 5 heteroatoms. The summed E-state index contributed by atoms with van der Waals surface area (Å²) in [4.78, 5) is 15.5. The first-order chi connectivity index (χ1) is 9.08. The van der Waals surface area contributed by atoms with Gasteiger partial charge in [-0.2, -0.15) is 0 Å². The van der Waals surface area contributed by atoms with E-state index in [4.69, 9.17) is 5.73 Å². The van der Waals surface area contributed by atoms with Crippen molar-refractivity contribution in [3.05, 3.63) is 23.6 Å². The minimum absolute atomic E-state index is 0.0312. The molecule has 0 saturated heterocycles. The highest BCUT2D eigenvalue weighted by Crippen LogP contribution is 2.28. The smallest absolute Gasteiger partial charge is 0.254 e. The van der Waals surface area contributed by atoms with Crippen molar-refractivity contribution in [2.45, 2.75) is 32.6 Å². The van der Waals surface area contributed by atoms with Crippen LogP contribution in [0, 0.1) is 17.7 Å². The van der Waals surface area contributed by atoms with Crippen molar-refractivity contribution in [1.82, 2.24) is 10.3 Å². The monoisotopic (exact) mass is 265 g/mol. The van der Waals surface area contributed by atoms with Gasteiger partial charge in [-0.3, -0.25) is 4.79 Å². The number of pyridine rings is 1. The molecule has 1 aromatic heterocycles. The summed E-state index contributed by atoms with van der Waals surface area (Å²) < 4.78 is 13.6. The fourth-order valence-electron chi connectivity index (χ4n) is 2.71. The van der Waals surface area contributed by atoms with E-state index >= 15 is 0 Å². The maximum absolute atomic E-state index is 13.6. The number of nitrogens with one attached hydrogen (secondary N) is 1. The number of nitrogens with two attached hydrogens (primary N) is 1. The first-order valence-corrected chi connectivity index (χ1v) is 6.76. The molecule has 0 aliphatic heterocycles. The fourth-order valence-corrected chi connectivity index (χ4v) is 2.71. The van der Waals surface area contributed by atoms with Crippen molar-refractivity contribution in [2.75, 3.05) is 12.3 Å². The lowest BCUT2D eigenvalue weighted by Crippen LogP contribution is -2.32. The van der Waals surface area contributed by atoms with Crippen molar-refractivity contribution in [3.63, 3.8) is 0 Å². The zero-order chi connectivity index (χ0) is 13.8. The lowest BCUT2D eigenvalue weighted by Gasteiger charge is -2.26. The molecule has 2 unspecified atom stereocenters.